The van der Waals surface area contributed by atoms with Crippen LogP contribution in [0.25, 0.3) is 11.3 Å². The number of unbranched alkanes of at least 4 members (excludes halogenated alkanes) is 3. The van der Waals surface area contributed by atoms with Crippen molar-refractivity contribution in [2.45, 2.75) is 103 Å². The lowest BCUT2D eigenvalue weighted by molar-refractivity contribution is 0.259. The van der Waals surface area contributed by atoms with Gasteiger partial charge in [-0.05, 0) is 49.5 Å². The maximum atomic E-state index is 6.57. The van der Waals surface area contributed by atoms with E-state index in [0.29, 0.717) is 29.4 Å². The smallest absolute Gasteiger partial charge is 0.139 e. The van der Waals surface area contributed by atoms with E-state index in [0.717, 1.165) is 23.6 Å². The van der Waals surface area contributed by atoms with Gasteiger partial charge in [0.15, 0.2) is 0 Å². The molecule has 1 saturated carbocycles. The van der Waals surface area contributed by atoms with Gasteiger partial charge in [0, 0.05) is 11.6 Å². The van der Waals surface area contributed by atoms with Gasteiger partial charge < -0.3 is 9.47 Å². The predicted molar refractivity (Wildman–Crippen MR) is 137 cm³/mol. The normalized spacial score (nSPS) is 24.6. The van der Waals surface area contributed by atoms with E-state index in [4.69, 9.17) is 21.1 Å². The first-order valence-corrected chi connectivity index (χ1v) is 13.6. The lowest BCUT2D eigenvalue weighted by Gasteiger charge is -2.29. The fourth-order valence-electron chi connectivity index (χ4n) is 5.26. The largest absolute Gasteiger partial charge is 0.489 e. The van der Waals surface area contributed by atoms with Gasteiger partial charge in [-0.3, -0.25) is 4.98 Å². The van der Waals surface area contributed by atoms with Crippen LogP contribution in [0.3, 0.4) is 0 Å². The topological polar surface area (TPSA) is 34.6 Å². The Morgan fingerprint density at radius 2 is 1.70 bits per heavy atom. The molecule has 0 radical (unpaired) electrons. The molecule has 2 heterocycles. The quantitative estimate of drug-likeness (QED) is 0.230. The van der Waals surface area contributed by atoms with Crippen LogP contribution < -0.4 is 4.74 Å². The summed E-state index contributed by atoms with van der Waals surface area (Å²) in [5.41, 5.74) is 3.34. The van der Waals surface area contributed by atoms with Crippen molar-refractivity contribution in [2.75, 3.05) is 6.61 Å². The van der Waals surface area contributed by atoms with Gasteiger partial charge in [0.25, 0.3) is 0 Å². The Hall–Kier alpha value is -1.58. The van der Waals surface area contributed by atoms with Crippen LogP contribution in [0.5, 0.6) is 5.75 Å². The lowest BCUT2D eigenvalue weighted by Crippen LogP contribution is -2.13. The third kappa shape index (κ3) is 6.96. The van der Waals surface area contributed by atoms with Crippen molar-refractivity contribution in [2.24, 2.45) is 5.92 Å². The van der Waals surface area contributed by atoms with Gasteiger partial charge in [-0.2, -0.15) is 0 Å². The molecule has 1 saturated heterocycles. The second kappa shape index (κ2) is 12.2. The summed E-state index contributed by atoms with van der Waals surface area (Å²) in [7, 11) is 0. The van der Waals surface area contributed by atoms with E-state index in [1.165, 1.54) is 69.8 Å². The van der Waals surface area contributed by atoms with Gasteiger partial charge in [0.1, 0.15) is 18.5 Å². The number of halogens is 1. The molecule has 0 spiro atoms. The second-order valence-corrected chi connectivity index (χ2v) is 10.4. The van der Waals surface area contributed by atoms with Gasteiger partial charge >= 0.3 is 0 Å². The average Bonchev–Trinajstić information content (AvgIpc) is 3.60. The van der Waals surface area contributed by atoms with Gasteiger partial charge in [0.05, 0.1) is 23.0 Å². The van der Waals surface area contributed by atoms with E-state index < -0.39 is 0 Å². The number of benzene rings is 1. The Labute approximate surface area is 205 Å². The summed E-state index contributed by atoms with van der Waals surface area (Å²) < 4.78 is 11.6. The van der Waals surface area contributed by atoms with E-state index in [1.54, 1.807) is 6.20 Å². The predicted octanol–water partition coefficient (Wildman–Crippen LogP) is 8.59. The Bertz CT molecular complexity index is 860. The highest BCUT2D eigenvalue weighted by Crippen LogP contribution is 2.39. The molecule has 1 aromatic carbocycles. The van der Waals surface area contributed by atoms with E-state index >= 15 is 0 Å². The summed E-state index contributed by atoms with van der Waals surface area (Å²) in [5, 5.41) is 0.632. The third-order valence-corrected chi connectivity index (χ3v) is 7.77. The molecule has 33 heavy (non-hydrogen) atoms. The van der Waals surface area contributed by atoms with Gasteiger partial charge in [-0.1, -0.05) is 88.2 Å². The van der Waals surface area contributed by atoms with Gasteiger partial charge in [-0.25, -0.2) is 0 Å². The molecule has 3 nitrogen and oxygen atoms in total. The number of hydrogen-bond donors (Lipinski definition) is 0. The molecule has 4 rings (SSSR count). The van der Waals surface area contributed by atoms with E-state index in [2.05, 4.69) is 43.1 Å². The van der Waals surface area contributed by atoms with Crippen molar-refractivity contribution in [1.82, 2.24) is 4.98 Å². The maximum absolute atomic E-state index is 6.57. The fraction of sp³-hybridized carbons (Fsp3) is 0.621. The van der Waals surface area contributed by atoms with E-state index in [1.807, 2.05) is 6.07 Å². The Morgan fingerprint density at radius 1 is 0.939 bits per heavy atom. The first kappa shape index (κ1) is 24.5. The molecule has 1 aromatic heterocycles. The molecule has 0 amide bonds. The number of nitrogens with zero attached hydrogens (tertiary/aromatic N) is 1. The number of epoxide rings is 1. The van der Waals surface area contributed by atoms with Crippen LogP contribution in [0.1, 0.15) is 96.0 Å². The van der Waals surface area contributed by atoms with Crippen molar-refractivity contribution in [3.05, 3.63) is 47.1 Å². The zero-order valence-electron chi connectivity index (χ0n) is 20.4. The van der Waals surface area contributed by atoms with Gasteiger partial charge in [0.2, 0.25) is 0 Å². The minimum absolute atomic E-state index is 0.217. The van der Waals surface area contributed by atoms with Gasteiger partial charge in [-0.15, -0.1) is 0 Å². The van der Waals surface area contributed by atoms with Crippen molar-refractivity contribution in [3.8, 4) is 17.0 Å². The SMILES string of the molecule is CCCCC[C@H]1CC[C@H](c2ccc(-c3ncc(OC[C@@H]4O[C@H]4CCCC)cc3Cl)cc2)CC1. The summed E-state index contributed by atoms with van der Waals surface area (Å²) in [6.45, 7) is 5.07. The van der Waals surface area contributed by atoms with Crippen LogP contribution in [0.15, 0.2) is 36.5 Å². The second-order valence-electron chi connectivity index (χ2n) is 10.0. The Balaban J connectivity index is 1.27. The zero-order chi connectivity index (χ0) is 23.0. The highest BCUT2D eigenvalue weighted by atomic mass is 35.5. The van der Waals surface area contributed by atoms with Crippen LogP contribution >= 0.6 is 11.6 Å². The van der Waals surface area contributed by atoms with Crippen LogP contribution in [-0.2, 0) is 4.74 Å². The molecular formula is C29H40ClNO2. The highest BCUT2D eigenvalue weighted by Gasteiger charge is 2.38. The molecule has 2 aliphatic rings. The molecule has 0 N–H and O–H groups in total. The maximum Gasteiger partial charge on any atom is 0.139 e. The molecule has 0 unspecified atom stereocenters. The fourth-order valence-corrected chi connectivity index (χ4v) is 5.52. The highest BCUT2D eigenvalue weighted by molar-refractivity contribution is 6.33. The van der Waals surface area contributed by atoms with E-state index in [-0.39, 0.29) is 6.10 Å². The Kier molecular flexibility index (Phi) is 9.09. The van der Waals surface area contributed by atoms with Crippen molar-refractivity contribution in [3.63, 3.8) is 0 Å². The van der Waals surface area contributed by atoms with Crippen LogP contribution in [0, 0.1) is 5.92 Å². The average molecular weight is 470 g/mol. The minimum Gasteiger partial charge on any atom is -0.489 e. The Morgan fingerprint density at radius 3 is 2.39 bits per heavy atom. The summed E-state index contributed by atoms with van der Waals surface area (Å²) in [4.78, 5) is 4.61. The monoisotopic (exact) mass is 469 g/mol. The third-order valence-electron chi connectivity index (χ3n) is 7.48. The number of pyridine rings is 1. The minimum atomic E-state index is 0.217. The number of rotatable bonds is 12. The molecule has 180 valence electrons. The lowest BCUT2D eigenvalue weighted by atomic mass is 9.77. The molecule has 4 heteroatoms. The number of ether oxygens (including phenoxy) is 2. The molecule has 0 bridgehead atoms. The molecular weight excluding hydrogens is 430 g/mol. The van der Waals surface area contributed by atoms with Crippen molar-refractivity contribution < 1.29 is 9.47 Å². The van der Waals surface area contributed by atoms with Crippen molar-refractivity contribution in [1.29, 1.82) is 0 Å². The summed E-state index contributed by atoms with van der Waals surface area (Å²) in [6.07, 6.45) is 16.9. The van der Waals surface area contributed by atoms with E-state index in [9.17, 15) is 0 Å². The zero-order valence-corrected chi connectivity index (χ0v) is 21.2. The molecule has 2 atom stereocenters. The standard InChI is InChI=1S/C29H40ClNO2/c1-3-5-7-8-21-10-12-22(13-11-21)23-14-16-24(17-15-23)29-26(30)18-25(19-31-29)32-20-28-27(33-28)9-6-4-2/h14-19,21-22,27-28H,3-13,20H2,1-2H3/t21-,22-,27-,28-/m0/s1. The number of aromatic nitrogens is 1. The van der Waals surface area contributed by atoms with Crippen LogP contribution in [0.2, 0.25) is 5.02 Å². The molecule has 2 fully saturated rings. The van der Waals surface area contributed by atoms with Crippen LogP contribution in [-0.4, -0.2) is 23.8 Å². The molecule has 2 aromatic rings. The van der Waals surface area contributed by atoms with Crippen molar-refractivity contribution >= 4 is 11.6 Å². The molecule has 1 aliphatic heterocycles. The summed E-state index contributed by atoms with van der Waals surface area (Å²) in [5.74, 6) is 2.36. The van der Waals surface area contributed by atoms with Crippen LogP contribution in [0.4, 0.5) is 0 Å². The summed E-state index contributed by atoms with van der Waals surface area (Å²) in [6, 6.07) is 10.8. The molecule has 1 aliphatic carbocycles. The number of hydrogen-bond acceptors (Lipinski definition) is 3. The summed E-state index contributed by atoms with van der Waals surface area (Å²) >= 11 is 6.57. The first-order chi connectivity index (χ1) is 16.2. The first-order valence-electron chi connectivity index (χ1n) is 13.2.